The molecule has 0 aromatic rings. The standard InChI is InChI=1S/C32H54O2/c1-21(2)9-8-10-23(5)27-13-14-28-26-12-11-24-20-25(34-30(33)19-22(3)4)15-17-31(24,6)29(26)16-18-32(27,28)7/h11,21-23,25-29H,8-10,12-20H2,1-7H3/t23-,25+,26-,27+,28-,29-,31-,32+/m0/s1. The zero-order chi connectivity index (χ0) is 24.7. The van der Waals surface area contributed by atoms with E-state index >= 15 is 0 Å². The lowest BCUT2D eigenvalue weighted by atomic mass is 9.47. The van der Waals surface area contributed by atoms with E-state index in [1.54, 1.807) is 5.57 Å². The molecule has 0 heterocycles. The first-order chi connectivity index (χ1) is 16.0. The fourth-order valence-corrected chi connectivity index (χ4v) is 9.32. The summed E-state index contributed by atoms with van der Waals surface area (Å²) in [4.78, 5) is 12.3. The zero-order valence-electron chi connectivity index (χ0n) is 23.5. The number of fused-ring (bicyclic) bond motifs is 5. The first-order valence-corrected chi connectivity index (χ1v) is 14.9. The summed E-state index contributed by atoms with van der Waals surface area (Å²) in [5.74, 6) is 5.67. The largest absolute Gasteiger partial charge is 0.462 e. The maximum Gasteiger partial charge on any atom is 0.306 e. The molecule has 0 N–H and O–H groups in total. The molecule has 0 amide bonds. The van der Waals surface area contributed by atoms with Gasteiger partial charge in [0.25, 0.3) is 0 Å². The fourth-order valence-electron chi connectivity index (χ4n) is 9.32. The quantitative estimate of drug-likeness (QED) is 0.261. The second-order valence-electron chi connectivity index (χ2n) is 14.2. The van der Waals surface area contributed by atoms with Gasteiger partial charge in [0.05, 0.1) is 0 Å². The van der Waals surface area contributed by atoms with Gasteiger partial charge in [0.2, 0.25) is 0 Å². The van der Waals surface area contributed by atoms with Crippen molar-refractivity contribution >= 4 is 5.97 Å². The van der Waals surface area contributed by atoms with Crippen LogP contribution in [0.4, 0.5) is 0 Å². The molecule has 3 fully saturated rings. The van der Waals surface area contributed by atoms with Crippen LogP contribution in [0.2, 0.25) is 0 Å². The zero-order valence-corrected chi connectivity index (χ0v) is 23.5. The molecular weight excluding hydrogens is 416 g/mol. The van der Waals surface area contributed by atoms with Crippen molar-refractivity contribution in [2.75, 3.05) is 0 Å². The van der Waals surface area contributed by atoms with Crippen LogP contribution in [0.1, 0.15) is 126 Å². The van der Waals surface area contributed by atoms with Crippen LogP contribution >= 0.6 is 0 Å². The molecule has 4 aliphatic rings. The molecule has 34 heavy (non-hydrogen) atoms. The van der Waals surface area contributed by atoms with Gasteiger partial charge >= 0.3 is 5.97 Å². The smallest absolute Gasteiger partial charge is 0.306 e. The molecule has 4 aliphatic carbocycles. The highest BCUT2D eigenvalue weighted by molar-refractivity contribution is 5.69. The Hall–Kier alpha value is -0.790. The van der Waals surface area contributed by atoms with Gasteiger partial charge in [0, 0.05) is 12.8 Å². The van der Waals surface area contributed by atoms with Crippen molar-refractivity contribution in [3.8, 4) is 0 Å². The lowest BCUT2D eigenvalue weighted by Gasteiger charge is -2.58. The summed E-state index contributed by atoms with van der Waals surface area (Å²) >= 11 is 0. The molecule has 0 aromatic heterocycles. The summed E-state index contributed by atoms with van der Waals surface area (Å²) in [6.07, 6.45) is 17.8. The summed E-state index contributed by atoms with van der Waals surface area (Å²) in [6.45, 7) is 16.8. The van der Waals surface area contributed by atoms with E-state index in [0.717, 1.165) is 48.3 Å². The number of hydrogen-bond acceptors (Lipinski definition) is 2. The molecule has 4 rings (SSSR count). The van der Waals surface area contributed by atoms with E-state index in [9.17, 15) is 4.79 Å². The van der Waals surface area contributed by atoms with Crippen LogP contribution in [-0.2, 0) is 9.53 Å². The van der Waals surface area contributed by atoms with Gasteiger partial charge in [-0.05, 0) is 97.2 Å². The molecule has 0 unspecified atom stereocenters. The molecular formula is C32H54O2. The number of carbonyl (C=O) groups excluding carboxylic acids is 1. The van der Waals surface area contributed by atoms with E-state index < -0.39 is 0 Å². The lowest BCUT2D eigenvalue weighted by Crippen LogP contribution is -2.51. The van der Waals surface area contributed by atoms with E-state index in [1.165, 1.54) is 57.8 Å². The Labute approximate surface area is 211 Å². The van der Waals surface area contributed by atoms with Gasteiger partial charge in [-0.3, -0.25) is 4.79 Å². The lowest BCUT2D eigenvalue weighted by molar-refractivity contribution is -0.152. The van der Waals surface area contributed by atoms with Crippen molar-refractivity contribution in [1.29, 1.82) is 0 Å². The number of rotatable bonds is 8. The molecule has 0 spiro atoms. The third kappa shape index (κ3) is 5.04. The monoisotopic (exact) mass is 470 g/mol. The van der Waals surface area contributed by atoms with E-state index in [4.69, 9.17) is 4.74 Å². The number of hydrogen-bond donors (Lipinski definition) is 0. The van der Waals surface area contributed by atoms with Crippen LogP contribution < -0.4 is 0 Å². The first kappa shape index (κ1) is 26.3. The van der Waals surface area contributed by atoms with Gasteiger partial charge in [-0.25, -0.2) is 0 Å². The Morgan fingerprint density at radius 3 is 2.44 bits per heavy atom. The second kappa shape index (κ2) is 10.3. The number of esters is 1. The Balaban J connectivity index is 1.42. The summed E-state index contributed by atoms with van der Waals surface area (Å²) < 4.78 is 5.93. The van der Waals surface area contributed by atoms with Crippen LogP contribution in [0.5, 0.6) is 0 Å². The van der Waals surface area contributed by atoms with Crippen LogP contribution in [0.25, 0.3) is 0 Å². The molecule has 0 saturated heterocycles. The molecule has 0 bridgehead atoms. The maximum absolute atomic E-state index is 12.3. The van der Waals surface area contributed by atoms with Crippen molar-refractivity contribution in [1.82, 2.24) is 0 Å². The molecule has 2 heteroatoms. The highest BCUT2D eigenvalue weighted by Crippen LogP contribution is 2.67. The summed E-state index contributed by atoms with van der Waals surface area (Å²) in [5.41, 5.74) is 2.53. The topological polar surface area (TPSA) is 26.3 Å². The number of carbonyl (C=O) groups is 1. The minimum Gasteiger partial charge on any atom is -0.462 e. The average molecular weight is 471 g/mol. The van der Waals surface area contributed by atoms with Gasteiger partial charge in [-0.1, -0.05) is 79.4 Å². The number of allylic oxidation sites excluding steroid dienone is 1. The molecule has 2 nitrogen and oxygen atoms in total. The fraction of sp³-hybridized carbons (Fsp3) is 0.906. The Morgan fingerprint density at radius 2 is 1.74 bits per heavy atom. The van der Waals surface area contributed by atoms with Gasteiger partial charge < -0.3 is 4.74 Å². The highest BCUT2D eigenvalue weighted by Gasteiger charge is 2.59. The van der Waals surface area contributed by atoms with Crippen LogP contribution in [0, 0.1) is 52.3 Å². The summed E-state index contributed by atoms with van der Waals surface area (Å²) in [6, 6.07) is 0. The predicted molar refractivity (Wildman–Crippen MR) is 142 cm³/mol. The molecule has 194 valence electrons. The van der Waals surface area contributed by atoms with E-state index in [2.05, 4.69) is 54.5 Å². The van der Waals surface area contributed by atoms with E-state index in [0.29, 0.717) is 23.2 Å². The number of ether oxygens (including phenoxy) is 1. The van der Waals surface area contributed by atoms with Crippen LogP contribution in [-0.4, -0.2) is 12.1 Å². The Kier molecular flexibility index (Phi) is 7.96. The van der Waals surface area contributed by atoms with Crippen molar-refractivity contribution in [3.63, 3.8) is 0 Å². The predicted octanol–water partition coefficient (Wildman–Crippen LogP) is 8.99. The Morgan fingerprint density at radius 1 is 0.971 bits per heavy atom. The molecule has 0 aliphatic heterocycles. The van der Waals surface area contributed by atoms with Gasteiger partial charge in [-0.2, -0.15) is 0 Å². The summed E-state index contributed by atoms with van der Waals surface area (Å²) in [7, 11) is 0. The molecule has 3 saturated carbocycles. The average Bonchev–Trinajstić information content (AvgIpc) is 3.10. The van der Waals surface area contributed by atoms with Crippen molar-refractivity contribution in [3.05, 3.63) is 11.6 Å². The summed E-state index contributed by atoms with van der Waals surface area (Å²) in [5, 5.41) is 0. The minimum atomic E-state index is 0.00540. The van der Waals surface area contributed by atoms with Gasteiger partial charge in [0.15, 0.2) is 0 Å². The first-order valence-electron chi connectivity index (χ1n) is 14.9. The maximum atomic E-state index is 12.3. The van der Waals surface area contributed by atoms with Gasteiger partial charge in [0.1, 0.15) is 6.10 Å². The SMILES string of the molecule is CC(C)CCC[C@H](C)[C@H]1CC[C@H]2[C@@H]3CC=C4C[C@H](OC(=O)CC(C)C)CC[C@]4(C)[C@H]3CC[C@]12C. The van der Waals surface area contributed by atoms with Gasteiger partial charge in [-0.15, -0.1) is 0 Å². The normalized spacial score (nSPS) is 40.4. The Bertz CT molecular complexity index is 750. The van der Waals surface area contributed by atoms with Crippen molar-refractivity contribution in [2.45, 2.75) is 132 Å². The van der Waals surface area contributed by atoms with E-state index in [1.807, 2.05) is 0 Å². The van der Waals surface area contributed by atoms with Crippen LogP contribution in [0.15, 0.2) is 11.6 Å². The molecule has 0 radical (unpaired) electrons. The second-order valence-corrected chi connectivity index (χ2v) is 14.2. The highest BCUT2D eigenvalue weighted by atomic mass is 16.5. The third-order valence-electron chi connectivity index (χ3n) is 11.1. The minimum absolute atomic E-state index is 0.00540. The van der Waals surface area contributed by atoms with Crippen LogP contribution in [0.3, 0.4) is 0 Å². The van der Waals surface area contributed by atoms with Crippen molar-refractivity contribution in [2.24, 2.45) is 52.3 Å². The molecule has 8 atom stereocenters. The third-order valence-corrected chi connectivity index (χ3v) is 11.1. The van der Waals surface area contributed by atoms with Crippen molar-refractivity contribution < 1.29 is 9.53 Å². The molecule has 0 aromatic carbocycles. The van der Waals surface area contributed by atoms with E-state index in [-0.39, 0.29) is 12.1 Å².